The largest absolute Gasteiger partial charge is 0.295 e. The maximum absolute atomic E-state index is 12.4. The number of aromatic nitrogens is 2. The number of para-hydroxylation sites is 1. The fraction of sp³-hybridized carbons (Fsp3) is 0.429. The molecule has 1 aromatic carbocycles. The van der Waals surface area contributed by atoms with Crippen LogP contribution in [0.15, 0.2) is 29.1 Å². The van der Waals surface area contributed by atoms with Gasteiger partial charge in [-0.3, -0.25) is 9.36 Å². The third kappa shape index (κ3) is 2.27. The van der Waals surface area contributed by atoms with Gasteiger partial charge >= 0.3 is 0 Å². The Morgan fingerprint density at radius 3 is 2.72 bits per heavy atom. The normalized spacial score (nSPS) is 12.8. The molecule has 1 atom stereocenters. The number of rotatable bonds is 4. The van der Waals surface area contributed by atoms with E-state index in [1.54, 1.807) is 4.57 Å². The number of hydrogen-bond donors (Lipinski definition) is 0. The number of alkyl halides is 1. The van der Waals surface area contributed by atoms with Crippen LogP contribution in [0.25, 0.3) is 10.9 Å². The van der Waals surface area contributed by atoms with Crippen molar-refractivity contribution in [2.24, 2.45) is 0 Å². The zero-order chi connectivity index (χ0) is 13.1. The number of halogens is 1. The molecule has 0 spiro atoms. The molecule has 1 aromatic heterocycles. The lowest BCUT2D eigenvalue weighted by Gasteiger charge is -2.15. The van der Waals surface area contributed by atoms with Gasteiger partial charge in [0.05, 0.1) is 16.3 Å². The maximum Gasteiger partial charge on any atom is 0.261 e. The van der Waals surface area contributed by atoms with Crippen molar-refractivity contribution in [2.45, 2.75) is 38.6 Å². The van der Waals surface area contributed by atoms with Gasteiger partial charge in [0.2, 0.25) is 0 Å². The van der Waals surface area contributed by atoms with E-state index < -0.39 is 0 Å². The molecule has 0 aliphatic carbocycles. The highest BCUT2D eigenvalue weighted by Crippen LogP contribution is 2.22. The number of hydrogen-bond acceptors (Lipinski definition) is 2. The molecular formula is C14H17ClN2O. The molecule has 1 unspecified atom stereocenters. The lowest BCUT2D eigenvalue weighted by Crippen LogP contribution is -2.26. The van der Waals surface area contributed by atoms with Crippen LogP contribution in [-0.2, 0) is 6.54 Å². The minimum absolute atomic E-state index is 0.0107. The molecule has 0 N–H and O–H groups in total. The standard InChI is InChI=1S/C14H17ClN2O/c1-3-9-17-13(11(15)4-2)16-12-8-6-5-7-10(12)14(17)18/h5-8,11H,3-4,9H2,1-2H3. The van der Waals surface area contributed by atoms with Crippen molar-refractivity contribution in [1.82, 2.24) is 9.55 Å². The van der Waals surface area contributed by atoms with Crippen LogP contribution in [0.5, 0.6) is 0 Å². The van der Waals surface area contributed by atoms with Crippen molar-refractivity contribution in [3.63, 3.8) is 0 Å². The van der Waals surface area contributed by atoms with Crippen LogP contribution in [-0.4, -0.2) is 9.55 Å². The quantitative estimate of drug-likeness (QED) is 0.793. The molecule has 0 fully saturated rings. The topological polar surface area (TPSA) is 34.9 Å². The van der Waals surface area contributed by atoms with Gasteiger partial charge in [0, 0.05) is 6.54 Å². The Morgan fingerprint density at radius 2 is 2.06 bits per heavy atom. The van der Waals surface area contributed by atoms with Gasteiger partial charge in [-0.25, -0.2) is 4.98 Å². The first-order chi connectivity index (χ1) is 8.69. The number of benzene rings is 1. The smallest absolute Gasteiger partial charge is 0.261 e. The minimum Gasteiger partial charge on any atom is -0.295 e. The lowest BCUT2D eigenvalue weighted by atomic mass is 10.2. The molecule has 0 saturated carbocycles. The highest BCUT2D eigenvalue weighted by molar-refractivity contribution is 6.20. The molecule has 3 nitrogen and oxygen atoms in total. The summed E-state index contributed by atoms with van der Waals surface area (Å²) >= 11 is 6.28. The van der Waals surface area contributed by atoms with Crippen LogP contribution in [0.4, 0.5) is 0 Å². The van der Waals surface area contributed by atoms with E-state index in [4.69, 9.17) is 11.6 Å². The molecule has 1 heterocycles. The van der Waals surface area contributed by atoms with Crippen LogP contribution >= 0.6 is 11.6 Å². The molecule has 0 aliphatic heterocycles. The maximum atomic E-state index is 12.4. The van der Waals surface area contributed by atoms with Crippen LogP contribution in [0.2, 0.25) is 0 Å². The van der Waals surface area contributed by atoms with E-state index in [1.807, 2.05) is 38.1 Å². The average Bonchev–Trinajstić information content (AvgIpc) is 2.41. The highest BCUT2D eigenvalue weighted by Gasteiger charge is 2.15. The minimum atomic E-state index is -0.214. The summed E-state index contributed by atoms with van der Waals surface area (Å²) in [6.45, 7) is 4.70. The molecule has 4 heteroatoms. The van der Waals surface area contributed by atoms with Gasteiger partial charge < -0.3 is 0 Å². The van der Waals surface area contributed by atoms with Crippen molar-refractivity contribution in [3.05, 3.63) is 40.4 Å². The van der Waals surface area contributed by atoms with Gasteiger partial charge in [-0.15, -0.1) is 11.6 Å². The van der Waals surface area contributed by atoms with Crippen LogP contribution < -0.4 is 5.56 Å². The monoisotopic (exact) mass is 264 g/mol. The van der Waals surface area contributed by atoms with Crippen LogP contribution in [0.1, 0.15) is 37.9 Å². The third-order valence-electron chi connectivity index (χ3n) is 2.98. The van der Waals surface area contributed by atoms with Crippen LogP contribution in [0, 0.1) is 0 Å². The first-order valence-electron chi connectivity index (χ1n) is 6.32. The first kappa shape index (κ1) is 13.1. The van der Waals surface area contributed by atoms with Gasteiger partial charge in [0.15, 0.2) is 0 Å². The van der Waals surface area contributed by atoms with E-state index in [9.17, 15) is 4.79 Å². The zero-order valence-corrected chi connectivity index (χ0v) is 11.4. The predicted molar refractivity (Wildman–Crippen MR) is 75.2 cm³/mol. The van der Waals surface area contributed by atoms with E-state index in [0.29, 0.717) is 17.8 Å². The number of fused-ring (bicyclic) bond motifs is 1. The molecule has 0 amide bonds. The van der Waals surface area contributed by atoms with Crippen molar-refractivity contribution in [1.29, 1.82) is 0 Å². The third-order valence-corrected chi connectivity index (χ3v) is 3.48. The summed E-state index contributed by atoms with van der Waals surface area (Å²) in [5, 5.41) is 0.448. The van der Waals surface area contributed by atoms with Crippen molar-refractivity contribution >= 4 is 22.5 Å². The lowest BCUT2D eigenvalue weighted by molar-refractivity contribution is 0.592. The van der Waals surface area contributed by atoms with Gasteiger partial charge in [0.25, 0.3) is 5.56 Å². The second kappa shape index (κ2) is 5.53. The van der Waals surface area contributed by atoms with Gasteiger partial charge in [-0.2, -0.15) is 0 Å². The first-order valence-corrected chi connectivity index (χ1v) is 6.76. The van der Waals surface area contributed by atoms with Crippen molar-refractivity contribution < 1.29 is 0 Å². The average molecular weight is 265 g/mol. The molecular weight excluding hydrogens is 248 g/mol. The Bertz CT molecular complexity index is 606. The van der Waals surface area contributed by atoms with Gasteiger partial charge in [-0.05, 0) is 25.0 Å². The van der Waals surface area contributed by atoms with E-state index in [1.165, 1.54) is 0 Å². The van der Waals surface area contributed by atoms with Crippen molar-refractivity contribution in [2.75, 3.05) is 0 Å². The number of nitrogens with zero attached hydrogens (tertiary/aromatic N) is 2. The van der Waals surface area contributed by atoms with E-state index in [0.717, 1.165) is 18.4 Å². The fourth-order valence-electron chi connectivity index (χ4n) is 2.05. The molecule has 18 heavy (non-hydrogen) atoms. The van der Waals surface area contributed by atoms with Gasteiger partial charge in [0.1, 0.15) is 5.82 Å². The Morgan fingerprint density at radius 1 is 1.33 bits per heavy atom. The fourth-order valence-corrected chi connectivity index (χ4v) is 2.21. The molecule has 0 radical (unpaired) electrons. The van der Waals surface area contributed by atoms with E-state index in [-0.39, 0.29) is 10.9 Å². The van der Waals surface area contributed by atoms with Crippen molar-refractivity contribution in [3.8, 4) is 0 Å². The summed E-state index contributed by atoms with van der Waals surface area (Å²) in [5.74, 6) is 0.685. The Hall–Kier alpha value is -1.35. The molecule has 0 saturated heterocycles. The SMILES string of the molecule is CCCn1c(C(Cl)CC)nc2ccccc2c1=O. The van der Waals surface area contributed by atoms with E-state index >= 15 is 0 Å². The Kier molecular flexibility index (Phi) is 4.02. The highest BCUT2D eigenvalue weighted by atomic mass is 35.5. The molecule has 96 valence electrons. The summed E-state index contributed by atoms with van der Waals surface area (Å²) in [6.07, 6.45) is 1.65. The van der Waals surface area contributed by atoms with Crippen LogP contribution in [0.3, 0.4) is 0 Å². The summed E-state index contributed by atoms with van der Waals surface area (Å²) in [5.41, 5.74) is 0.737. The zero-order valence-electron chi connectivity index (χ0n) is 10.7. The Labute approximate surface area is 111 Å². The van der Waals surface area contributed by atoms with E-state index in [2.05, 4.69) is 4.98 Å². The second-order valence-corrected chi connectivity index (χ2v) is 4.85. The summed E-state index contributed by atoms with van der Waals surface area (Å²) in [4.78, 5) is 17.0. The summed E-state index contributed by atoms with van der Waals surface area (Å²) < 4.78 is 1.71. The molecule has 0 bridgehead atoms. The molecule has 0 aliphatic rings. The predicted octanol–water partition coefficient (Wildman–Crippen LogP) is 3.50. The summed E-state index contributed by atoms with van der Waals surface area (Å²) in [6, 6.07) is 7.42. The Balaban J connectivity index is 2.74. The van der Waals surface area contributed by atoms with Gasteiger partial charge in [-0.1, -0.05) is 26.0 Å². The molecule has 2 rings (SSSR count). The second-order valence-electron chi connectivity index (χ2n) is 4.32. The summed E-state index contributed by atoms with van der Waals surface area (Å²) in [7, 11) is 0. The molecule has 2 aromatic rings.